The van der Waals surface area contributed by atoms with E-state index in [1.807, 2.05) is 17.6 Å². The number of piperidine rings is 1. The highest BCUT2D eigenvalue weighted by Crippen LogP contribution is 2.41. The summed E-state index contributed by atoms with van der Waals surface area (Å²) in [5.41, 5.74) is 6.42. The largest absolute Gasteiger partial charge is 0.364 e. The highest BCUT2D eigenvalue weighted by molar-refractivity contribution is 5.90. The Bertz CT molecular complexity index is 1020. The lowest BCUT2D eigenvalue weighted by Crippen LogP contribution is -2.52. The lowest BCUT2D eigenvalue weighted by atomic mass is 9.78. The number of carbonyl (C=O) groups is 2. The first-order valence-corrected chi connectivity index (χ1v) is 10.3. The van der Waals surface area contributed by atoms with Crippen LogP contribution in [0.1, 0.15) is 54.3 Å². The van der Waals surface area contributed by atoms with Crippen molar-refractivity contribution in [2.24, 2.45) is 11.7 Å². The van der Waals surface area contributed by atoms with E-state index in [-0.39, 0.29) is 35.0 Å². The first-order valence-electron chi connectivity index (χ1n) is 10.3. The molecule has 9 heteroatoms. The fourth-order valence-electron chi connectivity index (χ4n) is 4.65. The molecule has 3 N–H and O–H groups in total. The summed E-state index contributed by atoms with van der Waals surface area (Å²) in [7, 11) is 0. The molecule has 30 heavy (non-hydrogen) atoms. The van der Waals surface area contributed by atoms with Crippen LogP contribution < -0.4 is 21.5 Å². The van der Waals surface area contributed by atoms with Crippen molar-refractivity contribution < 1.29 is 9.59 Å². The van der Waals surface area contributed by atoms with E-state index in [2.05, 4.69) is 20.2 Å². The van der Waals surface area contributed by atoms with Crippen molar-refractivity contribution in [3.8, 4) is 0 Å². The number of anilines is 1. The molecule has 4 rings (SSSR count). The molecule has 158 valence electrons. The van der Waals surface area contributed by atoms with Gasteiger partial charge in [0, 0.05) is 43.7 Å². The number of nitrogens with zero attached hydrogens (tertiary/aromatic N) is 4. The third-order valence-electron chi connectivity index (χ3n) is 5.98. The van der Waals surface area contributed by atoms with E-state index < -0.39 is 5.91 Å². The zero-order chi connectivity index (χ0) is 21.3. The van der Waals surface area contributed by atoms with Crippen molar-refractivity contribution >= 4 is 17.6 Å². The minimum absolute atomic E-state index is 0.00200. The third kappa shape index (κ3) is 3.79. The molecule has 0 aromatic carbocycles. The summed E-state index contributed by atoms with van der Waals surface area (Å²) >= 11 is 0. The van der Waals surface area contributed by atoms with Crippen LogP contribution >= 0.6 is 0 Å². The summed E-state index contributed by atoms with van der Waals surface area (Å²) in [5, 5.41) is 3.00. The summed E-state index contributed by atoms with van der Waals surface area (Å²) in [6.07, 6.45) is 5.16. The number of primary amides is 1. The van der Waals surface area contributed by atoms with Crippen LogP contribution in [0.4, 0.5) is 5.82 Å². The molecule has 1 saturated heterocycles. The second kappa shape index (κ2) is 8.25. The average Bonchev–Trinajstić information content (AvgIpc) is 2.74. The van der Waals surface area contributed by atoms with Crippen molar-refractivity contribution in [3.63, 3.8) is 0 Å². The van der Waals surface area contributed by atoms with Crippen LogP contribution in [0.25, 0.3) is 0 Å². The molecule has 0 aliphatic carbocycles. The van der Waals surface area contributed by atoms with E-state index in [1.165, 1.54) is 6.20 Å². The van der Waals surface area contributed by atoms with Crippen molar-refractivity contribution in [3.05, 3.63) is 52.3 Å². The monoisotopic (exact) mass is 410 g/mol. The lowest BCUT2D eigenvalue weighted by molar-refractivity contribution is -0.121. The summed E-state index contributed by atoms with van der Waals surface area (Å²) < 4.78 is 1.86. The number of rotatable bonds is 6. The first-order chi connectivity index (χ1) is 14.5. The third-order valence-corrected chi connectivity index (χ3v) is 5.98. The fraction of sp³-hybridized carbons (Fsp3) is 0.476. The smallest absolute Gasteiger partial charge is 0.268 e. The molecular weight excluding hydrogens is 384 g/mol. The molecule has 9 nitrogen and oxygen atoms in total. The van der Waals surface area contributed by atoms with Crippen LogP contribution in [-0.4, -0.2) is 46.0 Å². The zero-order valence-electron chi connectivity index (χ0n) is 17.0. The summed E-state index contributed by atoms with van der Waals surface area (Å²) in [6, 6.07) is 5.21. The van der Waals surface area contributed by atoms with E-state index in [4.69, 9.17) is 5.73 Å². The molecule has 0 unspecified atom stereocenters. The van der Waals surface area contributed by atoms with Gasteiger partial charge in [-0.1, -0.05) is 13.0 Å². The highest BCUT2D eigenvalue weighted by Gasteiger charge is 2.41. The maximum Gasteiger partial charge on any atom is 0.268 e. The molecule has 2 amide bonds. The van der Waals surface area contributed by atoms with E-state index in [0.29, 0.717) is 31.9 Å². The average molecular weight is 410 g/mol. The SMILES string of the molecule is CCCC(=O)NC[C@H]1[C@H]2C[C@H](CN(c3cncc(C(N)=O)n3)C2)c2cccc(=O)n21. The normalized spacial score (nSPS) is 22.3. The molecule has 0 spiro atoms. The van der Waals surface area contributed by atoms with E-state index in [0.717, 1.165) is 18.5 Å². The predicted molar refractivity (Wildman–Crippen MR) is 111 cm³/mol. The zero-order valence-corrected chi connectivity index (χ0v) is 17.0. The van der Waals surface area contributed by atoms with Gasteiger partial charge in [-0.3, -0.25) is 19.4 Å². The Balaban J connectivity index is 1.65. The molecule has 0 radical (unpaired) electrons. The number of nitrogens with one attached hydrogen (secondary N) is 1. The van der Waals surface area contributed by atoms with Gasteiger partial charge in [0.25, 0.3) is 11.5 Å². The van der Waals surface area contributed by atoms with E-state index >= 15 is 0 Å². The number of pyridine rings is 1. The summed E-state index contributed by atoms with van der Waals surface area (Å²) in [4.78, 5) is 46.9. The molecule has 2 aliphatic rings. The van der Waals surface area contributed by atoms with Crippen LogP contribution in [0.15, 0.2) is 35.4 Å². The molecule has 4 heterocycles. The summed E-state index contributed by atoms with van der Waals surface area (Å²) in [5.74, 6) is 0.283. The number of amides is 2. The van der Waals surface area contributed by atoms with Crippen LogP contribution in [0.5, 0.6) is 0 Å². The Labute approximate surface area is 174 Å². The van der Waals surface area contributed by atoms with Gasteiger partial charge in [-0.15, -0.1) is 0 Å². The number of fused-ring (bicyclic) bond motifs is 4. The van der Waals surface area contributed by atoms with Crippen molar-refractivity contribution in [1.82, 2.24) is 19.9 Å². The van der Waals surface area contributed by atoms with Crippen LogP contribution in [0.3, 0.4) is 0 Å². The minimum Gasteiger partial charge on any atom is -0.364 e. The van der Waals surface area contributed by atoms with Crippen molar-refractivity contribution in [1.29, 1.82) is 0 Å². The number of hydrogen-bond donors (Lipinski definition) is 2. The van der Waals surface area contributed by atoms with Gasteiger partial charge in [0.2, 0.25) is 5.91 Å². The Morgan fingerprint density at radius 2 is 2.10 bits per heavy atom. The van der Waals surface area contributed by atoms with Gasteiger partial charge in [-0.25, -0.2) is 4.98 Å². The van der Waals surface area contributed by atoms with Gasteiger partial charge in [0.1, 0.15) is 11.5 Å². The van der Waals surface area contributed by atoms with Crippen molar-refractivity contribution in [2.45, 2.75) is 38.1 Å². The number of carbonyl (C=O) groups excluding carboxylic acids is 2. The number of hydrogen-bond acceptors (Lipinski definition) is 6. The number of nitrogens with two attached hydrogens (primary N) is 1. The molecule has 2 aliphatic heterocycles. The van der Waals surface area contributed by atoms with Crippen molar-refractivity contribution in [2.75, 3.05) is 24.5 Å². The minimum atomic E-state index is -0.616. The topological polar surface area (TPSA) is 123 Å². The van der Waals surface area contributed by atoms with Crippen LogP contribution in [-0.2, 0) is 4.79 Å². The second-order valence-corrected chi connectivity index (χ2v) is 8.00. The van der Waals surface area contributed by atoms with Gasteiger partial charge < -0.3 is 20.5 Å². The Hall–Kier alpha value is -3.23. The van der Waals surface area contributed by atoms with Gasteiger partial charge in [0.15, 0.2) is 0 Å². The van der Waals surface area contributed by atoms with Gasteiger partial charge in [-0.2, -0.15) is 0 Å². The first kappa shape index (κ1) is 20.1. The van der Waals surface area contributed by atoms with E-state index in [9.17, 15) is 14.4 Å². The van der Waals surface area contributed by atoms with Crippen LogP contribution in [0, 0.1) is 5.92 Å². The fourth-order valence-corrected chi connectivity index (χ4v) is 4.65. The van der Waals surface area contributed by atoms with Crippen LogP contribution in [0.2, 0.25) is 0 Å². The molecular formula is C21H26N6O3. The predicted octanol–water partition coefficient (Wildman–Crippen LogP) is 0.818. The maximum absolute atomic E-state index is 12.7. The highest BCUT2D eigenvalue weighted by atomic mass is 16.2. The standard InChI is InChI=1S/C21H26N6O3/c1-2-4-19(28)24-9-17-14-7-13(16-5-3-6-20(29)27(16)17)11-26(12-14)18-10-23-8-15(25-18)21(22)30/h3,5-6,8,10,13-14,17H,2,4,7,9,11-12H2,1H3,(H2,22,30)(H,24,28)/t13-,14+,17+/m1/s1. The molecule has 3 atom stereocenters. The lowest BCUT2D eigenvalue weighted by Gasteiger charge is -2.47. The Kier molecular flexibility index (Phi) is 5.52. The molecule has 0 saturated carbocycles. The van der Waals surface area contributed by atoms with Gasteiger partial charge >= 0.3 is 0 Å². The maximum atomic E-state index is 12.7. The quantitative estimate of drug-likeness (QED) is 0.727. The molecule has 1 fully saturated rings. The summed E-state index contributed by atoms with van der Waals surface area (Å²) in [6.45, 7) is 3.70. The Morgan fingerprint density at radius 3 is 2.87 bits per heavy atom. The molecule has 2 aromatic heterocycles. The van der Waals surface area contributed by atoms with E-state index in [1.54, 1.807) is 18.3 Å². The molecule has 2 aromatic rings. The van der Waals surface area contributed by atoms with Gasteiger partial charge in [-0.05, 0) is 24.8 Å². The van der Waals surface area contributed by atoms with Gasteiger partial charge in [0.05, 0.1) is 18.4 Å². The second-order valence-electron chi connectivity index (χ2n) is 8.00. The molecule has 2 bridgehead atoms. The number of aromatic nitrogens is 3. The Morgan fingerprint density at radius 1 is 1.27 bits per heavy atom.